The molecular weight excluding hydrogens is 297 g/mol. The molecule has 9 heteroatoms. The minimum absolute atomic E-state index is 0.0837. The van der Waals surface area contributed by atoms with E-state index in [-0.39, 0.29) is 24.5 Å². The number of sulfonamides is 1. The van der Waals surface area contributed by atoms with Gasteiger partial charge in [0.1, 0.15) is 22.9 Å². The van der Waals surface area contributed by atoms with Crippen molar-refractivity contribution in [2.75, 3.05) is 6.54 Å². The fourth-order valence-corrected chi connectivity index (χ4v) is 3.70. The lowest BCUT2D eigenvalue weighted by atomic mass is 10.2. The van der Waals surface area contributed by atoms with Crippen LogP contribution in [0.15, 0.2) is 29.4 Å². The summed E-state index contributed by atoms with van der Waals surface area (Å²) in [6, 6.07) is 3.92. The summed E-state index contributed by atoms with van der Waals surface area (Å²) in [5.41, 5.74) is 5.96. The minimum Gasteiger partial charge on any atom is -0.326 e. The first kappa shape index (κ1) is 14.1. The predicted octanol–water partition coefficient (Wildman–Crippen LogP) is 0.0804. The molecule has 0 atom stereocenters. The summed E-state index contributed by atoms with van der Waals surface area (Å²) >= 11 is 0. The zero-order valence-corrected chi connectivity index (χ0v) is 11.9. The quantitative estimate of drug-likeness (QED) is 0.866. The molecule has 0 unspecified atom stereocenters. The number of aromatic nitrogens is 3. The van der Waals surface area contributed by atoms with Gasteiger partial charge in [0.15, 0.2) is 0 Å². The average Bonchev–Trinajstić information content (AvgIpc) is 2.94. The first-order chi connectivity index (χ1) is 10.0. The van der Waals surface area contributed by atoms with Crippen LogP contribution in [-0.4, -0.2) is 34.0 Å². The molecule has 0 saturated heterocycles. The first-order valence-electron chi connectivity index (χ1n) is 6.37. The summed E-state index contributed by atoms with van der Waals surface area (Å²) in [4.78, 5) is -0.340. The Kier molecular flexibility index (Phi) is 3.47. The highest BCUT2D eigenvalue weighted by atomic mass is 32.2. The molecule has 0 aliphatic carbocycles. The van der Waals surface area contributed by atoms with Crippen molar-refractivity contribution >= 4 is 10.0 Å². The van der Waals surface area contributed by atoms with Gasteiger partial charge < -0.3 is 10.3 Å². The van der Waals surface area contributed by atoms with Crippen LogP contribution in [0, 0.1) is 5.82 Å². The number of hydrogen-bond donors (Lipinski definition) is 1. The van der Waals surface area contributed by atoms with Gasteiger partial charge in [-0.1, -0.05) is 6.07 Å². The van der Waals surface area contributed by atoms with Gasteiger partial charge in [0, 0.05) is 19.6 Å². The lowest BCUT2D eigenvalue weighted by Gasteiger charge is -2.26. The number of fused-ring (bicyclic) bond motifs is 1. The van der Waals surface area contributed by atoms with Crippen molar-refractivity contribution in [3.8, 4) is 0 Å². The van der Waals surface area contributed by atoms with E-state index in [1.54, 1.807) is 10.9 Å². The van der Waals surface area contributed by atoms with Crippen LogP contribution in [-0.2, 0) is 29.7 Å². The molecule has 1 aromatic carbocycles. The minimum atomic E-state index is -3.90. The summed E-state index contributed by atoms with van der Waals surface area (Å²) < 4.78 is 42.1. The SMILES string of the molecule is NCc1ccc(S(=O)(=O)N2CCn3cnnc3C2)c(F)c1. The van der Waals surface area contributed by atoms with E-state index in [9.17, 15) is 12.8 Å². The molecule has 2 heterocycles. The Hall–Kier alpha value is -1.84. The molecule has 1 aliphatic heterocycles. The van der Waals surface area contributed by atoms with Crippen molar-refractivity contribution in [1.29, 1.82) is 0 Å². The van der Waals surface area contributed by atoms with Gasteiger partial charge in [-0.15, -0.1) is 10.2 Å². The molecule has 0 fully saturated rings. The Morgan fingerprint density at radius 2 is 2.14 bits per heavy atom. The van der Waals surface area contributed by atoms with Crippen molar-refractivity contribution in [1.82, 2.24) is 19.1 Å². The van der Waals surface area contributed by atoms with Crippen molar-refractivity contribution < 1.29 is 12.8 Å². The Balaban J connectivity index is 1.95. The summed E-state index contributed by atoms with van der Waals surface area (Å²) in [5, 5.41) is 7.60. The van der Waals surface area contributed by atoms with Crippen molar-refractivity contribution in [2.45, 2.75) is 24.5 Å². The van der Waals surface area contributed by atoms with Crippen molar-refractivity contribution in [3.63, 3.8) is 0 Å². The molecule has 1 aromatic heterocycles. The van der Waals surface area contributed by atoms with Gasteiger partial charge >= 0.3 is 0 Å². The summed E-state index contributed by atoms with van der Waals surface area (Å²) in [6.07, 6.45) is 1.55. The van der Waals surface area contributed by atoms with Crippen LogP contribution >= 0.6 is 0 Å². The molecule has 21 heavy (non-hydrogen) atoms. The molecule has 0 spiro atoms. The van der Waals surface area contributed by atoms with E-state index in [0.29, 0.717) is 17.9 Å². The Morgan fingerprint density at radius 3 is 2.86 bits per heavy atom. The highest BCUT2D eigenvalue weighted by Gasteiger charge is 2.31. The molecule has 0 radical (unpaired) electrons. The summed E-state index contributed by atoms with van der Waals surface area (Å²) in [6.45, 7) is 0.944. The maximum absolute atomic E-state index is 14.0. The lowest BCUT2D eigenvalue weighted by Crippen LogP contribution is -2.38. The van der Waals surface area contributed by atoms with E-state index in [1.807, 2.05) is 0 Å². The van der Waals surface area contributed by atoms with Crippen molar-refractivity contribution in [3.05, 3.63) is 41.7 Å². The van der Waals surface area contributed by atoms with E-state index in [2.05, 4.69) is 10.2 Å². The zero-order chi connectivity index (χ0) is 15.0. The molecule has 7 nitrogen and oxygen atoms in total. The first-order valence-corrected chi connectivity index (χ1v) is 7.81. The van der Waals surface area contributed by atoms with Gasteiger partial charge in [-0.05, 0) is 17.7 Å². The van der Waals surface area contributed by atoms with E-state index in [0.717, 1.165) is 6.07 Å². The largest absolute Gasteiger partial charge is 0.326 e. The van der Waals surface area contributed by atoms with Gasteiger partial charge in [-0.2, -0.15) is 4.31 Å². The molecule has 2 N–H and O–H groups in total. The lowest BCUT2D eigenvalue weighted by molar-refractivity contribution is 0.334. The van der Waals surface area contributed by atoms with Gasteiger partial charge in [0.25, 0.3) is 0 Å². The van der Waals surface area contributed by atoms with Gasteiger partial charge in [0.05, 0.1) is 6.54 Å². The van der Waals surface area contributed by atoms with E-state index < -0.39 is 15.8 Å². The molecular formula is C12H14FN5O2S. The topological polar surface area (TPSA) is 94.1 Å². The number of nitrogens with zero attached hydrogens (tertiary/aromatic N) is 4. The molecule has 0 bridgehead atoms. The monoisotopic (exact) mass is 311 g/mol. The Bertz CT molecular complexity index is 774. The second-order valence-electron chi connectivity index (χ2n) is 4.75. The zero-order valence-electron chi connectivity index (χ0n) is 11.1. The van der Waals surface area contributed by atoms with E-state index in [4.69, 9.17) is 5.73 Å². The number of halogens is 1. The van der Waals surface area contributed by atoms with Gasteiger partial charge in [0.2, 0.25) is 10.0 Å². The van der Waals surface area contributed by atoms with Gasteiger partial charge in [-0.25, -0.2) is 12.8 Å². The van der Waals surface area contributed by atoms with Crippen LogP contribution in [0.2, 0.25) is 0 Å². The molecule has 3 rings (SSSR count). The van der Waals surface area contributed by atoms with Crippen molar-refractivity contribution in [2.24, 2.45) is 5.73 Å². The van der Waals surface area contributed by atoms with E-state index in [1.165, 1.54) is 16.4 Å². The third kappa shape index (κ3) is 2.43. The molecule has 0 saturated carbocycles. The maximum atomic E-state index is 14.0. The average molecular weight is 311 g/mol. The predicted molar refractivity (Wildman–Crippen MR) is 71.9 cm³/mol. The van der Waals surface area contributed by atoms with Gasteiger partial charge in [-0.3, -0.25) is 0 Å². The number of nitrogens with two attached hydrogens (primary N) is 1. The second kappa shape index (κ2) is 5.17. The number of benzene rings is 1. The van der Waals surface area contributed by atoms with Crippen LogP contribution in [0.3, 0.4) is 0 Å². The third-order valence-electron chi connectivity index (χ3n) is 3.45. The molecule has 112 valence electrons. The highest BCUT2D eigenvalue weighted by molar-refractivity contribution is 7.89. The normalized spacial score (nSPS) is 15.9. The standard InChI is InChI=1S/C12H14FN5O2S/c13-10-5-9(6-14)1-2-11(10)21(19,20)18-4-3-17-8-15-16-12(17)7-18/h1-2,5,8H,3-4,6-7,14H2. The second-order valence-corrected chi connectivity index (χ2v) is 6.65. The third-order valence-corrected chi connectivity index (χ3v) is 5.33. The molecule has 1 aliphatic rings. The van der Waals surface area contributed by atoms with Crippen LogP contribution in [0.25, 0.3) is 0 Å². The van der Waals surface area contributed by atoms with Crippen LogP contribution < -0.4 is 5.73 Å². The van der Waals surface area contributed by atoms with Crippen LogP contribution in [0.1, 0.15) is 11.4 Å². The fraction of sp³-hybridized carbons (Fsp3) is 0.333. The summed E-state index contributed by atoms with van der Waals surface area (Å²) in [7, 11) is -3.90. The van der Waals surface area contributed by atoms with Crippen LogP contribution in [0.4, 0.5) is 4.39 Å². The molecule has 2 aromatic rings. The smallest absolute Gasteiger partial charge is 0.246 e. The molecule has 0 amide bonds. The Labute approximate surface area is 121 Å². The highest BCUT2D eigenvalue weighted by Crippen LogP contribution is 2.23. The van der Waals surface area contributed by atoms with E-state index >= 15 is 0 Å². The summed E-state index contributed by atoms with van der Waals surface area (Å²) in [5.74, 6) is -0.242. The number of hydrogen-bond acceptors (Lipinski definition) is 5. The Morgan fingerprint density at radius 1 is 1.33 bits per heavy atom. The van der Waals surface area contributed by atoms with Crippen LogP contribution in [0.5, 0.6) is 0 Å². The fourth-order valence-electron chi connectivity index (χ4n) is 2.27. The number of rotatable bonds is 3. The maximum Gasteiger partial charge on any atom is 0.246 e.